The van der Waals surface area contributed by atoms with Gasteiger partial charge in [-0.2, -0.15) is 0 Å². The van der Waals surface area contributed by atoms with Crippen LogP contribution in [0.15, 0.2) is 24.2 Å². The Morgan fingerprint density at radius 1 is 1.23 bits per heavy atom. The van der Waals surface area contributed by atoms with Gasteiger partial charge in [0.05, 0.1) is 19.3 Å². The van der Waals surface area contributed by atoms with E-state index in [4.69, 9.17) is 18.5 Å². The molecule has 0 aliphatic rings. The summed E-state index contributed by atoms with van der Waals surface area (Å²) in [6, 6.07) is 0. The molecule has 0 heterocycles. The summed E-state index contributed by atoms with van der Waals surface area (Å²) in [4.78, 5) is 23.0. The maximum absolute atomic E-state index is 12.4. The smallest absolute Gasteiger partial charge is 0.339 e. The minimum absolute atomic E-state index is 0.260. The zero-order valence-electron chi connectivity index (χ0n) is 15.9. The van der Waals surface area contributed by atoms with Crippen molar-refractivity contribution in [3.8, 4) is 0 Å². The van der Waals surface area contributed by atoms with Gasteiger partial charge in [-0.15, -0.1) is 0 Å². The first-order valence-corrected chi connectivity index (χ1v) is 9.87. The lowest BCUT2D eigenvalue weighted by Crippen LogP contribution is -2.35. The van der Waals surface area contributed by atoms with E-state index in [1.165, 1.54) is 30.1 Å². The van der Waals surface area contributed by atoms with Gasteiger partial charge in [0.2, 0.25) is 12.8 Å². The van der Waals surface area contributed by atoms with E-state index in [9.17, 15) is 14.2 Å². The molecule has 0 aromatic rings. The van der Waals surface area contributed by atoms with E-state index in [0.29, 0.717) is 12.8 Å². The maximum atomic E-state index is 12.4. The molecule has 0 saturated heterocycles. The summed E-state index contributed by atoms with van der Waals surface area (Å²) in [5.74, 6) is 0.817. The largest absolute Gasteiger partial charge is 0.353 e. The third-order valence-corrected chi connectivity index (χ3v) is 4.76. The highest BCUT2D eigenvalue weighted by molar-refractivity contribution is 7.57. The molecule has 0 bridgehead atoms. The van der Waals surface area contributed by atoms with Crippen LogP contribution in [0.5, 0.6) is 0 Å². The van der Waals surface area contributed by atoms with Gasteiger partial charge in [-0.3, -0.25) is 19.5 Å². The van der Waals surface area contributed by atoms with E-state index >= 15 is 0 Å². The van der Waals surface area contributed by atoms with Crippen molar-refractivity contribution in [3.05, 3.63) is 24.2 Å². The summed E-state index contributed by atoms with van der Waals surface area (Å²) in [7, 11) is -0.224. The first-order chi connectivity index (χ1) is 12.4. The number of amides is 2. The first-order valence-electron chi connectivity index (χ1n) is 8.26. The number of imide groups is 1. The van der Waals surface area contributed by atoms with Gasteiger partial charge in [-0.1, -0.05) is 6.92 Å². The molecular weight excluding hydrogens is 363 g/mol. The van der Waals surface area contributed by atoms with Crippen molar-refractivity contribution in [3.63, 3.8) is 0 Å². The Hall–Kier alpha value is -1.51. The van der Waals surface area contributed by atoms with Crippen molar-refractivity contribution in [2.75, 3.05) is 27.4 Å². The Morgan fingerprint density at radius 2 is 1.85 bits per heavy atom. The molecule has 1 N–H and O–H groups in total. The Morgan fingerprint density at radius 3 is 2.31 bits per heavy atom. The molecule has 2 amide bonds. The molecule has 0 rings (SSSR count). The quantitative estimate of drug-likeness (QED) is 0.208. The molecule has 2 atom stereocenters. The minimum atomic E-state index is -3.31. The van der Waals surface area contributed by atoms with Crippen LogP contribution in [0.4, 0.5) is 0 Å². The molecule has 0 fully saturated rings. The highest BCUT2D eigenvalue weighted by Crippen LogP contribution is 2.49. The number of rotatable bonds is 14. The zero-order chi connectivity index (χ0) is 20.0. The molecule has 0 radical (unpaired) electrons. The van der Waals surface area contributed by atoms with Gasteiger partial charge >= 0.3 is 7.60 Å². The molecule has 10 heteroatoms. The summed E-state index contributed by atoms with van der Waals surface area (Å²) >= 11 is 0. The van der Waals surface area contributed by atoms with E-state index in [2.05, 4.69) is 0 Å². The van der Waals surface area contributed by atoms with Gasteiger partial charge in [0.1, 0.15) is 0 Å². The number of methoxy groups -OCH3 is 1. The highest BCUT2D eigenvalue weighted by Gasteiger charge is 2.21. The highest BCUT2D eigenvalue weighted by atomic mass is 31.2. The Bertz CT molecular complexity index is 515. The number of carbonyl (C=O) groups excluding carboxylic acids is 2. The Kier molecular flexibility index (Phi) is 12.9. The van der Waals surface area contributed by atoms with Crippen molar-refractivity contribution in [2.24, 2.45) is 0 Å². The van der Waals surface area contributed by atoms with Crippen molar-refractivity contribution in [1.29, 1.82) is 0 Å². The molecule has 0 saturated carbocycles. The molecule has 1 unspecified atom stereocenters. The summed E-state index contributed by atoms with van der Waals surface area (Å²) in [6.07, 6.45) is 3.83. The van der Waals surface area contributed by atoms with Crippen LogP contribution in [-0.4, -0.2) is 57.1 Å². The second-order valence-electron chi connectivity index (χ2n) is 4.95. The van der Waals surface area contributed by atoms with Crippen LogP contribution in [0, 0.1) is 0 Å². The lowest BCUT2D eigenvalue weighted by molar-refractivity contribution is -0.205. The molecule has 0 aliphatic carbocycles. The van der Waals surface area contributed by atoms with E-state index in [1.807, 2.05) is 12.2 Å². The standard InChI is InChI=1S/C16H29N2O7P/c1-6-14(10-12-26(21,23-7-2)24-8-3)25-16(22-5)18(4)11-9-15(20)17-13-19/h9-14,16H,6-8H2,1-5H3,(H,17,19,20)/b11-9-,12-10+/t14?,16-/m0/s1. The van der Waals surface area contributed by atoms with Gasteiger partial charge in [0, 0.05) is 32.3 Å². The fourth-order valence-corrected chi connectivity index (χ4v) is 3.16. The Balaban J connectivity index is 4.97. The van der Waals surface area contributed by atoms with E-state index in [0.717, 1.165) is 0 Å². The van der Waals surface area contributed by atoms with Gasteiger partial charge in [-0.25, -0.2) is 0 Å². The molecule has 150 valence electrons. The number of nitrogens with zero attached hydrogens (tertiary/aromatic N) is 1. The van der Waals surface area contributed by atoms with E-state index in [1.54, 1.807) is 27.0 Å². The fourth-order valence-electron chi connectivity index (χ4n) is 1.79. The Labute approximate surface area is 154 Å². The molecule has 0 aromatic carbocycles. The fraction of sp³-hybridized carbons (Fsp3) is 0.625. The van der Waals surface area contributed by atoms with Crippen LogP contribution in [-0.2, 0) is 32.7 Å². The molecule has 26 heavy (non-hydrogen) atoms. The summed E-state index contributed by atoms with van der Waals surface area (Å²) in [5.41, 5.74) is 0. The molecule has 9 nitrogen and oxygen atoms in total. The van der Waals surface area contributed by atoms with Gasteiger partial charge < -0.3 is 23.4 Å². The third-order valence-electron chi connectivity index (χ3n) is 2.99. The summed E-state index contributed by atoms with van der Waals surface area (Å²) < 4.78 is 33.9. The van der Waals surface area contributed by atoms with Gasteiger partial charge in [-0.05, 0) is 26.3 Å². The van der Waals surface area contributed by atoms with Crippen molar-refractivity contribution >= 4 is 19.9 Å². The monoisotopic (exact) mass is 392 g/mol. The number of hydrogen-bond acceptors (Lipinski definition) is 8. The lowest BCUT2D eigenvalue weighted by atomic mass is 10.3. The van der Waals surface area contributed by atoms with E-state index in [-0.39, 0.29) is 13.2 Å². The van der Waals surface area contributed by atoms with Gasteiger partial charge in [0.15, 0.2) is 0 Å². The normalized spacial score (nSPS) is 14.5. The summed E-state index contributed by atoms with van der Waals surface area (Å²) in [5, 5.41) is 1.99. The molecule has 0 aromatic heterocycles. The van der Waals surface area contributed by atoms with Crippen molar-refractivity contribution in [1.82, 2.24) is 10.2 Å². The van der Waals surface area contributed by atoms with Crippen LogP contribution in [0.3, 0.4) is 0 Å². The summed E-state index contributed by atoms with van der Waals surface area (Å²) in [6.45, 7) is 5.88. The molecule has 0 aliphatic heterocycles. The third kappa shape index (κ3) is 9.84. The predicted molar refractivity (Wildman–Crippen MR) is 97.1 cm³/mol. The van der Waals surface area contributed by atoms with Crippen LogP contribution < -0.4 is 5.32 Å². The maximum Gasteiger partial charge on any atom is 0.353 e. The molecule has 0 spiro atoms. The van der Waals surface area contributed by atoms with Gasteiger partial charge in [0.25, 0.3) is 5.91 Å². The second-order valence-corrected chi connectivity index (χ2v) is 6.84. The van der Waals surface area contributed by atoms with Crippen LogP contribution >= 0.6 is 7.60 Å². The van der Waals surface area contributed by atoms with Crippen molar-refractivity contribution in [2.45, 2.75) is 39.7 Å². The van der Waals surface area contributed by atoms with E-state index < -0.39 is 26.0 Å². The predicted octanol–water partition coefficient (Wildman–Crippen LogP) is 2.21. The van der Waals surface area contributed by atoms with Crippen molar-refractivity contribution < 1.29 is 32.7 Å². The second kappa shape index (κ2) is 13.7. The zero-order valence-corrected chi connectivity index (χ0v) is 16.8. The molecular formula is C16H29N2O7P. The number of hydrogen-bond donors (Lipinski definition) is 1. The SMILES string of the molecule is CCOP(=O)(/C=C/C(CC)O[C@H](OC)N(C)/C=C\C(=O)NC=O)OCC. The van der Waals surface area contributed by atoms with Crippen LogP contribution in [0.2, 0.25) is 0 Å². The number of carbonyl (C=O) groups is 2. The number of ether oxygens (including phenoxy) is 2. The van der Waals surface area contributed by atoms with Crippen LogP contribution in [0.25, 0.3) is 0 Å². The minimum Gasteiger partial charge on any atom is -0.339 e. The lowest BCUT2D eigenvalue weighted by Gasteiger charge is -2.28. The van der Waals surface area contributed by atoms with Crippen LogP contribution in [0.1, 0.15) is 27.2 Å². The average Bonchev–Trinajstić information content (AvgIpc) is 2.60. The first kappa shape index (κ1) is 24.5. The average molecular weight is 392 g/mol. The topological polar surface area (TPSA) is 103 Å². The number of nitrogens with one attached hydrogen (secondary N) is 1.